The van der Waals surface area contributed by atoms with Gasteiger partial charge in [-0.25, -0.2) is 0 Å². The van der Waals surface area contributed by atoms with Crippen LogP contribution in [0, 0.1) is 0 Å². The molecule has 3 heteroatoms. The standard InChI is InChI=1S/C12H20N2S/c1-11-2-5-13-6-8-14(11)7-3-12-4-9-15-10-12/h4,9-11,13H,2-3,5-8H2,1H3. The van der Waals surface area contributed by atoms with Crippen molar-refractivity contribution >= 4 is 11.3 Å². The van der Waals surface area contributed by atoms with Crippen molar-refractivity contribution in [2.45, 2.75) is 25.8 Å². The second-order valence-electron chi connectivity index (χ2n) is 4.31. The van der Waals surface area contributed by atoms with Gasteiger partial charge in [0.25, 0.3) is 0 Å². The molecular formula is C12H20N2S. The van der Waals surface area contributed by atoms with E-state index in [0.717, 1.165) is 12.6 Å². The van der Waals surface area contributed by atoms with Crippen LogP contribution < -0.4 is 5.32 Å². The molecule has 1 atom stereocenters. The van der Waals surface area contributed by atoms with Crippen LogP contribution in [0.3, 0.4) is 0 Å². The molecule has 0 bridgehead atoms. The van der Waals surface area contributed by atoms with E-state index in [0.29, 0.717) is 0 Å². The summed E-state index contributed by atoms with van der Waals surface area (Å²) in [7, 11) is 0. The number of rotatable bonds is 3. The Morgan fingerprint density at radius 1 is 1.53 bits per heavy atom. The van der Waals surface area contributed by atoms with Gasteiger partial charge in [-0.2, -0.15) is 11.3 Å². The molecule has 2 heterocycles. The van der Waals surface area contributed by atoms with Gasteiger partial charge in [0.2, 0.25) is 0 Å². The van der Waals surface area contributed by atoms with Gasteiger partial charge in [-0.3, -0.25) is 4.90 Å². The summed E-state index contributed by atoms with van der Waals surface area (Å²) in [5.74, 6) is 0. The Balaban J connectivity index is 1.81. The topological polar surface area (TPSA) is 15.3 Å². The molecule has 1 saturated heterocycles. The van der Waals surface area contributed by atoms with Crippen molar-refractivity contribution in [1.29, 1.82) is 0 Å². The first-order chi connectivity index (χ1) is 7.36. The number of nitrogens with one attached hydrogen (secondary N) is 1. The number of thiophene rings is 1. The van der Waals surface area contributed by atoms with E-state index in [1.165, 1.54) is 38.0 Å². The summed E-state index contributed by atoms with van der Waals surface area (Å²) in [6.45, 7) is 7.08. The van der Waals surface area contributed by atoms with Crippen LogP contribution in [0.5, 0.6) is 0 Å². The lowest BCUT2D eigenvalue weighted by atomic mass is 10.2. The summed E-state index contributed by atoms with van der Waals surface area (Å²) in [4.78, 5) is 2.61. The minimum Gasteiger partial charge on any atom is -0.315 e. The first kappa shape index (κ1) is 11.1. The fraction of sp³-hybridized carbons (Fsp3) is 0.667. The maximum Gasteiger partial charge on any atom is 0.0110 e. The molecule has 1 unspecified atom stereocenters. The Kier molecular flexibility index (Phi) is 4.18. The average molecular weight is 224 g/mol. The molecule has 0 aliphatic carbocycles. The molecule has 15 heavy (non-hydrogen) atoms. The van der Waals surface area contributed by atoms with E-state index in [-0.39, 0.29) is 0 Å². The van der Waals surface area contributed by atoms with Crippen molar-refractivity contribution in [3.05, 3.63) is 22.4 Å². The Labute approximate surface area is 96.3 Å². The zero-order valence-electron chi connectivity index (χ0n) is 9.41. The van der Waals surface area contributed by atoms with Gasteiger partial charge in [-0.15, -0.1) is 0 Å². The average Bonchev–Trinajstić information content (AvgIpc) is 2.67. The Bertz CT molecular complexity index is 271. The van der Waals surface area contributed by atoms with Gasteiger partial charge in [0.1, 0.15) is 0 Å². The molecule has 0 aromatic carbocycles. The Morgan fingerprint density at radius 3 is 3.27 bits per heavy atom. The SMILES string of the molecule is CC1CCNCCN1CCc1ccsc1. The highest BCUT2D eigenvalue weighted by atomic mass is 32.1. The van der Waals surface area contributed by atoms with E-state index in [1.54, 1.807) is 11.3 Å². The highest BCUT2D eigenvalue weighted by Gasteiger charge is 2.15. The number of nitrogens with zero attached hydrogens (tertiary/aromatic N) is 1. The predicted octanol–water partition coefficient (Wildman–Crippen LogP) is 1.97. The zero-order chi connectivity index (χ0) is 10.5. The third kappa shape index (κ3) is 3.30. The molecule has 2 rings (SSSR count). The minimum atomic E-state index is 0.735. The van der Waals surface area contributed by atoms with Gasteiger partial charge in [0, 0.05) is 25.7 Å². The van der Waals surface area contributed by atoms with Crippen LogP contribution in [0.15, 0.2) is 16.8 Å². The summed E-state index contributed by atoms with van der Waals surface area (Å²) >= 11 is 1.80. The molecule has 2 nitrogen and oxygen atoms in total. The van der Waals surface area contributed by atoms with E-state index >= 15 is 0 Å². The minimum absolute atomic E-state index is 0.735. The van der Waals surface area contributed by atoms with E-state index in [9.17, 15) is 0 Å². The molecule has 0 amide bonds. The van der Waals surface area contributed by atoms with E-state index < -0.39 is 0 Å². The molecule has 1 aromatic heterocycles. The van der Waals surface area contributed by atoms with Crippen LogP contribution >= 0.6 is 11.3 Å². The van der Waals surface area contributed by atoms with Crippen LogP contribution in [-0.4, -0.2) is 37.1 Å². The van der Waals surface area contributed by atoms with Crippen LogP contribution in [0.2, 0.25) is 0 Å². The smallest absolute Gasteiger partial charge is 0.0110 e. The highest BCUT2D eigenvalue weighted by Crippen LogP contribution is 2.10. The Morgan fingerprint density at radius 2 is 2.47 bits per heavy atom. The van der Waals surface area contributed by atoms with Gasteiger partial charge in [-0.05, 0) is 48.7 Å². The first-order valence-electron chi connectivity index (χ1n) is 5.82. The fourth-order valence-corrected chi connectivity index (χ4v) is 2.80. The van der Waals surface area contributed by atoms with Crippen LogP contribution in [0.4, 0.5) is 0 Å². The third-order valence-electron chi connectivity index (χ3n) is 3.21. The lowest BCUT2D eigenvalue weighted by Gasteiger charge is -2.26. The van der Waals surface area contributed by atoms with E-state index in [2.05, 4.69) is 34.0 Å². The summed E-state index contributed by atoms with van der Waals surface area (Å²) < 4.78 is 0. The van der Waals surface area contributed by atoms with Crippen molar-refractivity contribution < 1.29 is 0 Å². The summed E-state index contributed by atoms with van der Waals surface area (Å²) in [5, 5.41) is 7.90. The van der Waals surface area contributed by atoms with Crippen LogP contribution in [-0.2, 0) is 6.42 Å². The largest absolute Gasteiger partial charge is 0.315 e. The molecule has 84 valence electrons. The van der Waals surface area contributed by atoms with Crippen molar-refractivity contribution in [1.82, 2.24) is 10.2 Å². The second-order valence-corrected chi connectivity index (χ2v) is 5.09. The van der Waals surface area contributed by atoms with Gasteiger partial charge >= 0.3 is 0 Å². The van der Waals surface area contributed by atoms with Crippen molar-refractivity contribution in [2.75, 3.05) is 26.2 Å². The summed E-state index contributed by atoms with van der Waals surface area (Å²) in [6.07, 6.45) is 2.48. The zero-order valence-corrected chi connectivity index (χ0v) is 10.2. The molecule has 1 aliphatic heterocycles. The summed E-state index contributed by atoms with van der Waals surface area (Å²) in [5.41, 5.74) is 1.49. The maximum atomic E-state index is 3.46. The monoisotopic (exact) mass is 224 g/mol. The first-order valence-corrected chi connectivity index (χ1v) is 6.76. The molecule has 1 aromatic rings. The maximum absolute atomic E-state index is 3.46. The van der Waals surface area contributed by atoms with Crippen molar-refractivity contribution in [2.24, 2.45) is 0 Å². The highest BCUT2D eigenvalue weighted by molar-refractivity contribution is 7.07. The van der Waals surface area contributed by atoms with Gasteiger partial charge < -0.3 is 5.32 Å². The van der Waals surface area contributed by atoms with E-state index in [4.69, 9.17) is 0 Å². The lowest BCUT2D eigenvalue weighted by Crippen LogP contribution is -2.35. The quantitative estimate of drug-likeness (QED) is 0.844. The predicted molar refractivity (Wildman–Crippen MR) is 66.5 cm³/mol. The Hall–Kier alpha value is -0.380. The molecule has 0 saturated carbocycles. The molecule has 1 fully saturated rings. The van der Waals surface area contributed by atoms with Crippen LogP contribution in [0.1, 0.15) is 18.9 Å². The van der Waals surface area contributed by atoms with Gasteiger partial charge in [-0.1, -0.05) is 0 Å². The number of hydrogen-bond acceptors (Lipinski definition) is 3. The molecule has 0 radical (unpaired) electrons. The summed E-state index contributed by atoms with van der Waals surface area (Å²) in [6, 6.07) is 2.98. The molecule has 1 N–H and O–H groups in total. The normalized spacial score (nSPS) is 23.9. The van der Waals surface area contributed by atoms with Gasteiger partial charge in [0.15, 0.2) is 0 Å². The third-order valence-corrected chi connectivity index (χ3v) is 3.94. The molecule has 0 spiro atoms. The lowest BCUT2D eigenvalue weighted by molar-refractivity contribution is 0.223. The molecular weight excluding hydrogens is 204 g/mol. The van der Waals surface area contributed by atoms with Gasteiger partial charge in [0.05, 0.1) is 0 Å². The molecule has 1 aliphatic rings. The fourth-order valence-electron chi connectivity index (χ4n) is 2.10. The number of hydrogen-bond donors (Lipinski definition) is 1. The van der Waals surface area contributed by atoms with Crippen molar-refractivity contribution in [3.63, 3.8) is 0 Å². The van der Waals surface area contributed by atoms with E-state index in [1.807, 2.05) is 0 Å². The van der Waals surface area contributed by atoms with Crippen molar-refractivity contribution in [3.8, 4) is 0 Å². The van der Waals surface area contributed by atoms with Crippen LogP contribution in [0.25, 0.3) is 0 Å². The second kappa shape index (κ2) is 5.64.